The number of hydrogen-bond acceptors (Lipinski definition) is 4. The minimum Gasteiger partial charge on any atom is -0.458 e. The Balaban J connectivity index is 1.63. The molecule has 2 heterocycles. The third-order valence-corrected chi connectivity index (χ3v) is 4.60. The van der Waals surface area contributed by atoms with Gasteiger partial charge in [0.25, 0.3) is 0 Å². The molecule has 0 bridgehead atoms. The number of ether oxygens (including phenoxy) is 1. The van der Waals surface area contributed by atoms with Crippen LogP contribution in [0, 0.1) is 0 Å². The van der Waals surface area contributed by atoms with Crippen LogP contribution in [-0.4, -0.2) is 5.97 Å². The minimum absolute atomic E-state index is 0.313. The second-order valence-electron chi connectivity index (χ2n) is 4.25. The van der Waals surface area contributed by atoms with Gasteiger partial charge < -0.3 is 4.74 Å². The van der Waals surface area contributed by atoms with Crippen LogP contribution in [0.4, 0.5) is 0 Å². The largest absolute Gasteiger partial charge is 0.458 e. The van der Waals surface area contributed by atoms with Crippen LogP contribution in [0.5, 0.6) is 0 Å². The zero-order chi connectivity index (χ0) is 13.8. The molecule has 0 amide bonds. The lowest BCUT2D eigenvalue weighted by Gasteiger charge is -2.00. The molecule has 2 nitrogen and oxygen atoms in total. The van der Waals surface area contributed by atoms with Crippen LogP contribution >= 0.6 is 22.7 Å². The summed E-state index contributed by atoms with van der Waals surface area (Å²) in [5.41, 5.74) is 2.08. The first-order valence-electron chi connectivity index (χ1n) is 6.15. The predicted octanol–water partition coefficient (Wildman–Crippen LogP) is 4.72. The van der Waals surface area contributed by atoms with E-state index in [1.807, 2.05) is 34.3 Å². The normalized spacial score (nSPS) is 11.2. The summed E-state index contributed by atoms with van der Waals surface area (Å²) in [6.07, 6.45) is 3.24. The third kappa shape index (κ3) is 2.98. The Morgan fingerprint density at radius 2 is 2.10 bits per heavy atom. The molecule has 0 fully saturated rings. The topological polar surface area (TPSA) is 26.3 Å². The predicted molar refractivity (Wildman–Crippen MR) is 85.0 cm³/mol. The molecule has 0 spiro atoms. The molecule has 0 atom stereocenters. The molecule has 2 aromatic heterocycles. The molecule has 100 valence electrons. The fraction of sp³-hybridized carbons (Fsp3) is 0.0625. The second-order valence-corrected chi connectivity index (χ2v) is 5.95. The Morgan fingerprint density at radius 3 is 2.95 bits per heavy atom. The first-order valence-corrected chi connectivity index (χ1v) is 7.97. The third-order valence-electron chi connectivity index (χ3n) is 2.89. The maximum absolute atomic E-state index is 11.7. The van der Waals surface area contributed by atoms with Crippen LogP contribution < -0.4 is 0 Å². The molecular weight excluding hydrogens is 288 g/mol. The molecule has 0 unspecified atom stereocenters. The van der Waals surface area contributed by atoms with Crippen molar-refractivity contribution in [3.8, 4) is 0 Å². The van der Waals surface area contributed by atoms with Crippen LogP contribution in [0.3, 0.4) is 0 Å². The number of thiophene rings is 2. The van der Waals surface area contributed by atoms with Crippen molar-refractivity contribution in [3.05, 3.63) is 63.7 Å². The molecule has 4 heteroatoms. The number of carbonyl (C=O) groups excluding carboxylic acids is 1. The summed E-state index contributed by atoms with van der Waals surface area (Å²) in [7, 11) is 0. The van der Waals surface area contributed by atoms with Crippen LogP contribution in [0.25, 0.3) is 16.2 Å². The number of fused-ring (bicyclic) bond motifs is 1. The van der Waals surface area contributed by atoms with Crippen molar-refractivity contribution in [3.63, 3.8) is 0 Å². The van der Waals surface area contributed by atoms with Crippen LogP contribution in [0.15, 0.2) is 52.5 Å². The van der Waals surface area contributed by atoms with E-state index >= 15 is 0 Å². The van der Waals surface area contributed by atoms with E-state index < -0.39 is 0 Å². The van der Waals surface area contributed by atoms with E-state index in [4.69, 9.17) is 4.74 Å². The maximum Gasteiger partial charge on any atom is 0.331 e. The average Bonchev–Trinajstić information content (AvgIpc) is 3.12. The summed E-state index contributed by atoms with van der Waals surface area (Å²) in [6, 6.07) is 10.1. The quantitative estimate of drug-likeness (QED) is 0.515. The van der Waals surface area contributed by atoms with Crippen LogP contribution in [0.1, 0.15) is 11.1 Å². The monoisotopic (exact) mass is 300 g/mol. The standard InChI is InChI=1S/C16H12O2S2/c17-16(6-5-12-7-8-19-10-12)18-9-13-11-20-15-4-2-1-3-14(13)15/h1-8,10-11H,9H2/b6-5+. The number of rotatable bonds is 4. The first kappa shape index (κ1) is 13.1. The second kappa shape index (κ2) is 6.03. The lowest BCUT2D eigenvalue weighted by molar-refractivity contribution is -0.138. The summed E-state index contributed by atoms with van der Waals surface area (Å²) in [6.45, 7) is 0.316. The molecule has 0 saturated carbocycles. The van der Waals surface area contributed by atoms with Crippen molar-refractivity contribution in [2.24, 2.45) is 0 Å². The van der Waals surface area contributed by atoms with E-state index in [0.29, 0.717) is 6.61 Å². The number of benzene rings is 1. The Bertz CT molecular complexity index is 739. The summed E-state index contributed by atoms with van der Waals surface area (Å²) in [5.74, 6) is -0.313. The Kier molecular flexibility index (Phi) is 3.95. The molecule has 20 heavy (non-hydrogen) atoms. The van der Waals surface area contributed by atoms with E-state index in [-0.39, 0.29) is 5.97 Å². The van der Waals surface area contributed by atoms with Crippen molar-refractivity contribution < 1.29 is 9.53 Å². The Hall–Kier alpha value is -1.91. The zero-order valence-electron chi connectivity index (χ0n) is 10.6. The highest BCUT2D eigenvalue weighted by Gasteiger charge is 2.05. The van der Waals surface area contributed by atoms with Crippen LogP contribution in [-0.2, 0) is 16.1 Å². The van der Waals surface area contributed by atoms with Gasteiger partial charge in [-0.1, -0.05) is 18.2 Å². The van der Waals surface area contributed by atoms with E-state index in [9.17, 15) is 4.79 Å². The highest BCUT2D eigenvalue weighted by molar-refractivity contribution is 7.17. The number of hydrogen-bond donors (Lipinski definition) is 0. The summed E-state index contributed by atoms with van der Waals surface area (Å²) < 4.78 is 6.49. The van der Waals surface area contributed by atoms with Gasteiger partial charge in [-0.15, -0.1) is 11.3 Å². The maximum atomic E-state index is 11.7. The van der Waals surface area contributed by atoms with E-state index in [1.165, 1.54) is 10.8 Å². The summed E-state index contributed by atoms with van der Waals surface area (Å²) >= 11 is 3.27. The van der Waals surface area contributed by atoms with E-state index in [2.05, 4.69) is 12.1 Å². The molecule has 0 aliphatic carbocycles. The number of esters is 1. The fourth-order valence-electron chi connectivity index (χ4n) is 1.88. The van der Waals surface area contributed by atoms with Crippen LogP contribution in [0.2, 0.25) is 0 Å². The fourth-order valence-corrected chi connectivity index (χ4v) is 3.45. The van der Waals surface area contributed by atoms with E-state index in [0.717, 1.165) is 16.5 Å². The van der Waals surface area contributed by atoms with Gasteiger partial charge in [-0.2, -0.15) is 11.3 Å². The number of carbonyl (C=O) groups is 1. The Labute approximate surface area is 124 Å². The van der Waals surface area contributed by atoms with Crippen molar-refractivity contribution >= 4 is 44.8 Å². The molecule has 0 aliphatic heterocycles. The molecule has 3 aromatic rings. The highest BCUT2D eigenvalue weighted by atomic mass is 32.1. The molecule has 3 rings (SSSR count). The molecule has 0 radical (unpaired) electrons. The Morgan fingerprint density at radius 1 is 1.20 bits per heavy atom. The molecule has 0 N–H and O–H groups in total. The van der Waals surface area contributed by atoms with Gasteiger partial charge in [-0.05, 0) is 45.3 Å². The highest BCUT2D eigenvalue weighted by Crippen LogP contribution is 2.26. The first-order chi connectivity index (χ1) is 9.83. The van der Waals surface area contributed by atoms with Crippen molar-refractivity contribution in [1.29, 1.82) is 0 Å². The van der Waals surface area contributed by atoms with Gasteiger partial charge in [0.05, 0.1) is 0 Å². The van der Waals surface area contributed by atoms with Gasteiger partial charge in [0.2, 0.25) is 0 Å². The molecule has 0 saturated heterocycles. The average molecular weight is 300 g/mol. The lowest BCUT2D eigenvalue weighted by Crippen LogP contribution is -2.00. The van der Waals surface area contributed by atoms with Crippen molar-refractivity contribution in [2.75, 3.05) is 0 Å². The van der Waals surface area contributed by atoms with Gasteiger partial charge in [-0.3, -0.25) is 0 Å². The molecule has 0 aliphatic rings. The van der Waals surface area contributed by atoms with Crippen molar-refractivity contribution in [2.45, 2.75) is 6.61 Å². The molecular formula is C16H12O2S2. The summed E-state index contributed by atoms with van der Waals surface area (Å²) in [5, 5.41) is 7.16. The van der Waals surface area contributed by atoms with E-state index in [1.54, 1.807) is 28.7 Å². The molecule has 1 aromatic carbocycles. The van der Waals surface area contributed by atoms with Gasteiger partial charge in [0.15, 0.2) is 0 Å². The lowest BCUT2D eigenvalue weighted by atomic mass is 10.2. The minimum atomic E-state index is -0.313. The van der Waals surface area contributed by atoms with Gasteiger partial charge >= 0.3 is 5.97 Å². The van der Waals surface area contributed by atoms with Gasteiger partial charge in [-0.25, -0.2) is 4.79 Å². The van der Waals surface area contributed by atoms with Crippen molar-refractivity contribution in [1.82, 2.24) is 0 Å². The smallest absolute Gasteiger partial charge is 0.331 e. The SMILES string of the molecule is O=C(/C=C/c1ccsc1)OCc1csc2ccccc12. The van der Waals surface area contributed by atoms with Gasteiger partial charge in [0.1, 0.15) is 6.61 Å². The van der Waals surface area contributed by atoms with Gasteiger partial charge in [0, 0.05) is 16.3 Å². The zero-order valence-corrected chi connectivity index (χ0v) is 12.2. The summed E-state index contributed by atoms with van der Waals surface area (Å²) in [4.78, 5) is 11.7.